The summed E-state index contributed by atoms with van der Waals surface area (Å²) in [5.74, 6) is 1.06. The molecule has 2 aromatic carbocycles. The highest BCUT2D eigenvalue weighted by Crippen LogP contribution is 2.41. The molecule has 0 spiro atoms. The van der Waals surface area contributed by atoms with Gasteiger partial charge in [0.1, 0.15) is 11.6 Å². The van der Waals surface area contributed by atoms with Crippen molar-refractivity contribution < 1.29 is 9.18 Å². The highest BCUT2D eigenvalue weighted by Gasteiger charge is 2.31. The van der Waals surface area contributed by atoms with Crippen LogP contribution in [0.3, 0.4) is 0 Å². The van der Waals surface area contributed by atoms with Crippen LogP contribution in [0.15, 0.2) is 53.7 Å². The van der Waals surface area contributed by atoms with Crippen LogP contribution in [-0.2, 0) is 4.79 Å². The summed E-state index contributed by atoms with van der Waals surface area (Å²) in [7, 11) is 0. The maximum atomic E-state index is 13.3. The number of aromatic nitrogens is 4. The van der Waals surface area contributed by atoms with Crippen LogP contribution in [-0.4, -0.2) is 31.4 Å². The standard InChI is InChI=1S/C20H16FN5OS2/c21-13-8-9-15-16(10-13)29-19(22-15)23-17(27)11-28-20-25-24-18(12-6-7-12)26(20)14-4-2-1-3-5-14/h1-5,8-10,12H,6-7,11H2,(H,22,23,27). The van der Waals surface area contributed by atoms with Crippen LogP contribution in [0.5, 0.6) is 0 Å². The number of fused-ring (bicyclic) bond motifs is 1. The number of carbonyl (C=O) groups excluding carboxylic acids is 1. The van der Waals surface area contributed by atoms with Gasteiger partial charge in [0.15, 0.2) is 10.3 Å². The summed E-state index contributed by atoms with van der Waals surface area (Å²) in [4.78, 5) is 16.8. The van der Waals surface area contributed by atoms with Gasteiger partial charge < -0.3 is 5.32 Å². The molecule has 1 aliphatic carbocycles. The Bertz CT molecular complexity index is 1190. The van der Waals surface area contributed by atoms with E-state index in [1.807, 2.05) is 34.9 Å². The van der Waals surface area contributed by atoms with E-state index in [1.165, 1.54) is 35.2 Å². The molecule has 0 atom stereocenters. The van der Waals surface area contributed by atoms with E-state index in [-0.39, 0.29) is 17.5 Å². The number of benzene rings is 2. The molecule has 0 bridgehead atoms. The number of amides is 1. The van der Waals surface area contributed by atoms with Gasteiger partial charge >= 0.3 is 0 Å². The SMILES string of the molecule is O=C(CSc1nnc(C2CC2)n1-c1ccccc1)Nc1nc2ccc(F)cc2s1. The van der Waals surface area contributed by atoms with Gasteiger partial charge in [-0.05, 0) is 43.2 Å². The van der Waals surface area contributed by atoms with E-state index in [9.17, 15) is 9.18 Å². The lowest BCUT2D eigenvalue weighted by molar-refractivity contribution is -0.113. The molecule has 1 N–H and O–H groups in total. The van der Waals surface area contributed by atoms with Crippen molar-refractivity contribution in [1.29, 1.82) is 0 Å². The Labute approximate surface area is 174 Å². The molecule has 1 aliphatic rings. The highest BCUT2D eigenvalue weighted by molar-refractivity contribution is 7.99. The van der Waals surface area contributed by atoms with Crippen LogP contribution in [0, 0.1) is 5.82 Å². The van der Waals surface area contributed by atoms with Crippen molar-refractivity contribution in [2.24, 2.45) is 0 Å². The van der Waals surface area contributed by atoms with Gasteiger partial charge in [-0.3, -0.25) is 9.36 Å². The summed E-state index contributed by atoms with van der Waals surface area (Å²) < 4.78 is 16.1. The first-order valence-corrected chi connectivity index (χ1v) is 11.0. The van der Waals surface area contributed by atoms with E-state index < -0.39 is 0 Å². The molecule has 9 heteroatoms. The van der Waals surface area contributed by atoms with Crippen LogP contribution in [0.4, 0.5) is 9.52 Å². The first-order valence-electron chi connectivity index (χ1n) is 9.17. The monoisotopic (exact) mass is 425 g/mol. The maximum Gasteiger partial charge on any atom is 0.236 e. The zero-order chi connectivity index (χ0) is 19.8. The Morgan fingerprint density at radius 2 is 2.03 bits per heavy atom. The Balaban J connectivity index is 1.31. The minimum Gasteiger partial charge on any atom is -0.301 e. The Morgan fingerprint density at radius 1 is 1.21 bits per heavy atom. The number of nitrogens with zero attached hydrogens (tertiary/aromatic N) is 4. The first kappa shape index (κ1) is 18.3. The van der Waals surface area contributed by atoms with Crippen molar-refractivity contribution in [2.75, 3.05) is 11.1 Å². The summed E-state index contributed by atoms with van der Waals surface area (Å²) in [6, 6.07) is 14.3. The van der Waals surface area contributed by atoms with Crippen LogP contribution in [0.25, 0.3) is 15.9 Å². The molecule has 4 aromatic rings. The van der Waals surface area contributed by atoms with Gasteiger partial charge in [0, 0.05) is 11.6 Å². The predicted molar refractivity (Wildman–Crippen MR) is 112 cm³/mol. The summed E-state index contributed by atoms with van der Waals surface area (Å²) in [6.07, 6.45) is 2.24. The fourth-order valence-electron chi connectivity index (χ4n) is 3.04. The van der Waals surface area contributed by atoms with Crippen molar-refractivity contribution in [3.63, 3.8) is 0 Å². The smallest absolute Gasteiger partial charge is 0.236 e. The summed E-state index contributed by atoms with van der Waals surface area (Å²) in [5, 5.41) is 12.6. The number of anilines is 1. The summed E-state index contributed by atoms with van der Waals surface area (Å²) >= 11 is 2.59. The van der Waals surface area contributed by atoms with E-state index in [2.05, 4.69) is 20.5 Å². The molecule has 0 radical (unpaired) electrons. The second-order valence-electron chi connectivity index (χ2n) is 6.75. The van der Waals surface area contributed by atoms with Crippen LogP contribution in [0.2, 0.25) is 0 Å². The molecule has 0 aliphatic heterocycles. The fourth-order valence-corrected chi connectivity index (χ4v) is 4.70. The summed E-state index contributed by atoms with van der Waals surface area (Å²) in [6.45, 7) is 0. The molecular weight excluding hydrogens is 409 g/mol. The zero-order valence-corrected chi connectivity index (χ0v) is 16.8. The Hall–Kier alpha value is -2.78. The number of thioether (sulfide) groups is 1. The Kier molecular flexibility index (Phi) is 4.76. The molecule has 1 amide bonds. The van der Waals surface area contributed by atoms with Crippen molar-refractivity contribution >= 4 is 44.4 Å². The van der Waals surface area contributed by atoms with Crippen molar-refractivity contribution in [3.05, 3.63) is 60.2 Å². The number of carbonyl (C=O) groups is 1. The van der Waals surface area contributed by atoms with E-state index in [0.29, 0.717) is 26.4 Å². The van der Waals surface area contributed by atoms with Crippen molar-refractivity contribution in [2.45, 2.75) is 23.9 Å². The highest BCUT2D eigenvalue weighted by atomic mass is 32.2. The third kappa shape index (κ3) is 3.88. The maximum absolute atomic E-state index is 13.3. The number of halogens is 1. The zero-order valence-electron chi connectivity index (χ0n) is 15.2. The summed E-state index contributed by atoms with van der Waals surface area (Å²) in [5.41, 5.74) is 1.66. The van der Waals surface area contributed by atoms with Crippen molar-refractivity contribution in [3.8, 4) is 5.69 Å². The molecule has 0 unspecified atom stereocenters. The van der Waals surface area contributed by atoms with Gasteiger partial charge in [0.2, 0.25) is 5.91 Å². The predicted octanol–water partition coefficient (Wildman–Crippen LogP) is 4.62. The fraction of sp³-hybridized carbons (Fsp3) is 0.200. The van der Waals surface area contributed by atoms with E-state index in [4.69, 9.17) is 0 Å². The lowest BCUT2D eigenvalue weighted by Crippen LogP contribution is -2.14. The van der Waals surface area contributed by atoms with E-state index in [1.54, 1.807) is 6.07 Å². The number of hydrogen-bond acceptors (Lipinski definition) is 6. The topological polar surface area (TPSA) is 72.7 Å². The van der Waals surface area contributed by atoms with Crippen LogP contribution < -0.4 is 5.32 Å². The lowest BCUT2D eigenvalue weighted by atomic mass is 10.3. The van der Waals surface area contributed by atoms with Crippen LogP contribution in [0.1, 0.15) is 24.6 Å². The lowest BCUT2D eigenvalue weighted by Gasteiger charge is -2.09. The number of nitrogens with one attached hydrogen (secondary N) is 1. The minimum atomic E-state index is -0.318. The average Bonchev–Trinajstić information content (AvgIpc) is 3.36. The van der Waals surface area contributed by atoms with Gasteiger partial charge in [-0.1, -0.05) is 41.3 Å². The molecule has 1 saturated carbocycles. The second kappa shape index (κ2) is 7.57. The number of rotatable bonds is 6. The molecule has 1 fully saturated rings. The normalized spacial score (nSPS) is 13.7. The average molecular weight is 426 g/mol. The third-order valence-electron chi connectivity index (χ3n) is 4.54. The number of para-hydroxylation sites is 1. The quantitative estimate of drug-likeness (QED) is 0.456. The molecule has 5 rings (SSSR count). The molecule has 0 saturated heterocycles. The van der Waals surface area contributed by atoms with Gasteiger partial charge in [-0.25, -0.2) is 9.37 Å². The molecule has 29 heavy (non-hydrogen) atoms. The van der Waals surface area contributed by atoms with Gasteiger partial charge in [0.05, 0.1) is 16.0 Å². The molecule has 6 nitrogen and oxygen atoms in total. The molecular formula is C20H16FN5OS2. The van der Waals surface area contributed by atoms with Gasteiger partial charge in [-0.2, -0.15) is 0 Å². The third-order valence-corrected chi connectivity index (χ3v) is 6.41. The van der Waals surface area contributed by atoms with Gasteiger partial charge in [0.25, 0.3) is 0 Å². The number of thiazole rings is 1. The van der Waals surface area contributed by atoms with Crippen LogP contribution >= 0.6 is 23.1 Å². The largest absolute Gasteiger partial charge is 0.301 e. The minimum absolute atomic E-state index is 0.180. The van der Waals surface area contributed by atoms with E-state index in [0.717, 1.165) is 24.4 Å². The Morgan fingerprint density at radius 3 is 2.83 bits per heavy atom. The first-order chi connectivity index (χ1) is 14.2. The second-order valence-corrected chi connectivity index (χ2v) is 8.73. The van der Waals surface area contributed by atoms with Crippen molar-refractivity contribution in [1.82, 2.24) is 19.7 Å². The molecule has 2 heterocycles. The number of hydrogen-bond donors (Lipinski definition) is 1. The van der Waals surface area contributed by atoms with E-state index >= 15 is 0 Å². The van der Waals surface area contributed by atoms with Gasteiger partial charge in [-0.15, -0.1) is 10.2 Å². The molecule has 2 aromatic heterocycles. The molecule has 146 valence electrons.